The SMILES string of the molecule is O=C1[C@H](CC[C@H](O)c2ccc(F)cc2)C(Cc2ccc(-c3ccccc3)cc2OS(=O)(=O)C[C@H]2C[C@@H](O)C(O[C@H]3C[C@@H](O)C[C@@H](CO)O3)[C@@H](CO)O2)N1c1ccccc1. The minimum absolute atomic E-state index is 0.0477. The van der Waals surface area contributed by atoms with Crippen LogP contribution in [0.5, 0.6) is 5.75 Å². The number of carbonyl (C=O) groups is 1. The van der Waals surface area contributed by atoms with Gasteiger partial charge in [0.05, 0.1) is 55.7 Å². The summed E-state index contributed by atoms with van der Waals surface area (Å²) in [7, 11) is -4.43. The summed E-state index contributed by atoms with van der Waals surface area (Å²) >= 11 is 0. The molecule has 3 aliphatic heterocycles. The lowest BCUT2D eigenvalue weighted by atomic mass is 9.78. The standard InChI is InChI=1S/C44H50FNO12S/c45-31-15-13-28(14-16-31)38(50)18-17-36-37(46(44(36)52)32-9-5-2-6-10-32)19-30-12-11-29(27-7-3-1-4-8-27)20-40(30)58-59(53,54)26-35-23-39(51)43(41(25-48)55-35)57-42-22-33(49)21-34(24-47)56-42/h1-16,20,33-39,41-43,47-51H,17-19,21-26H2/t33-,34-,35+,36+,37?,38-,39+,41+,42-,43?/m0/s1. The van der Waals surface area contributed by atoms with Crippen molar-refractivity contribution in [1.29, 1.82) is 0 Å². The van der Waals surface area contributed by atoms with Crippen molar-refractivity contribution in [3.63, 3.8) is 0 Å². The maximum absolute atomic E-state index is 13.9. The van der Waals surface area contributed by atoms with Crippen molar-refractivity contribution in [2.45, 2.75) is 93.6 Å². The highest BCUT2D eigenvalue weighted by molar-refractivity contribution is 7.87. The second-order valence-electron chi connectivity index (χ2n) is 15.4. The minimum atomic E-state index is -4.43. The molecule has 13 nitrogen and oxygen atoms in total. The van der Waals surface area contributed by atoms with Crippen molar-refractivity contribution in [2.24, 2.45) is 5.92 Å². The smallest absolute Gasteiger partial charge is 0.311 e. The average Bonchev–Trinajstić information content (AvgIpc) is 3.22. The molecular weight excluding hydrogens is 786 g/mol. The number of aliphatic hydroxyl groups is 5. The summed E-state index contributed by atoms with van der Waals surface area (Å²) in [5, 5.41) is 52.0. The first-order chi connectivity index (χ1) is 28.4. The Morgan fingerprint density at radius 2 is 1.54 bits per heavy atom. The molecule has 2 unspecified atom stereocenters. The molecular formula is C44H50FNO12S. The number of nitrogens with zero attached hydrogens (tertiary/aromatic N) is 1. The van der Waals surface area contributed by atoms with Gasteiger partial charge < -0.3 is 48.8 Å². The summed E-state index contributed by atoms with van der Waals surface area (Å²) in [6.45, 7) is -0.950. The van der Waals surface area contributed by atoms with E-state index in [4.69, 9.17) is 18.4 Å². The van der Waals surface area contributed by atoms with E-state index < -0.39 is 89.3 Å². The summed E-state index contributed by atoms with van der Waals surface area (Å²) in [5.74, 6) is -1.71. The van der Waals surface area contributed by atoms with Crippen LogP contribution in [-0.2, 0) is 35.5 Å². The molecule has 0 aromatic heterocycles. The summed E-state index contributed by atoms with van der Waals surface area (Å²) in [6.07, 6.45) is -7.13. The minimum Gasteiger partial charge on any atom is -0.394 e. The molecule has 0 saturated carbocycles. The molecule has 15 heteroatoms. The van der Waals surface area contributed by atoms with E-state index >= 15 is 0 Å². The monoisotopic (exact) mass is 835 g/mol. The van der Waals surface area contributed by atoms with Gasteiger partial charge in [0.2, 0.25) is 5.91 Å². The van der Waals surface area contributed by atoms with Crippen molar-refractivity contribution in [1.82, 2.24) is 0 Å². The van der Waals surface area contributed by atoms with Gasteiger partial charge in [-0.1, -0.05) is 72.8 Å². The number of rotatable bonds is 16. The maximum Gasteiger partial charge on any atom is 0.311 e. The van der Waals surface area contributed by atoms with E-state index in [9.17, 15) is 43.1 Å². The first-order valence-electron chi connectivity index (χ1n) is 19.9. The van der Waals surface area contributed by atoms with Crippen LogP contribution < -0.4 is 9.08 Å². The van der Waals surface area contributed by atoms with E-state index in [1.54, 1.807) is 17.0 Å². The number of hydrogen-bond donors (Lipinski definition) is 5. The fourth-order valence-electron chi connectivity index (χ4n) is 8.28. The van der Waals surface area contributed by atoms with Crippen LogP contribution in [0.4, 0.5) is 10.1 Å². The molecule has 3 aliphatic rings. The van der Waals surface area contributed by atoms with Crippen molar-refractivity contribution in [3.8, 4) is 16.9 Å². The van der Waals surface area contributed by atoms with Gasteiger partial charge in [-0.05, 0) is 71.8 Å². The molecule has 5 N–H and O–H groups in total. The molecule has 0 bridgehead atoms. The van der Waals surface area contributed by atoms with Crippen molar-refractivity contribution in [2.75, 3.05) is 23.9 Å². The van der Waals surface area contributed by atoms with Gasteiger partial charge in [0.1, 0.15) is 29.5 Å². The first kappa shape index (κ1) is 42.8. The Balaban J connectivity index is 1.10. The molecule has 4 aromatic carbocycles. The predicted octanol–water partition coefficient (Wildman–Crippen LogP) is 4.04. The van der Waals surface area contributed by atoms with Crippen LogP contribution in [0.15, 0.2) is 103 Å². The summed E-state index contributed by atoms with van der Waals surface area (Å²) < 4.78 is 64.8. The number of para-hydroxylation sites is 1. The zero-order valence-electron chi connectivity index (χ0n) is 32.3. The van der Waals surface area contributed by atoms with Gasteiger partial charge in [0.25, 0.3) is 0 Å². The van der Waals surface area contributed by atoms with Gasteiger partial charge in [-0.25, -0.2) is 4.39 Å². The fourth-order valence-corrected chi connectivity index (χ4v) is 9.44. The van der Waals surface area contributed by atoms with Gasteiger partial charge in [-0.15, -0.1) is 0 Å². The zero-order chi connectivity index (χ0) is 41.7. The van der Waals surface area contributed by atoms with E-state index in [2.05, 4.69) is 0 Å². The summed E-state index contributed by atoms with van der Waals surface area (Å²) in [6, 6.07) is 28.9. The Bertz CT molecular complexity index is 2110. The number of amides is 1. The molecule has 0 spiro atoms. The number of hydrogen-bond acceptors (Lipinski definition) is 12. The van der Waals surface area contributed by atoms with Gasteiger partial charge in [-0.3, -0.25) is 4.79 Å². The molecule has 3 heterocycles. The number of anilines is 1. The molecule has 0 radical (unpaired) electrons. The van der Waals surface area contributed by atoms with Crippen molar-refractivity contribution in [3.05, 3.63) is 120 Å². The third-order valence-electron chi connectivity index (χ3n) is 11.3. The van der Waals surface area contributed by atoms with Gasteiger partial charge in [0, 0.05) is 24.9 Å². The third kappa shape index (κ3) is 10.4. The second-order valence-corrected chi connectivity index (χ2v) is 17.1. The van der Waals surface area contributed by atoms with E-state index in [1.807, 2.05) is 66.7 Å². The average molecular weight is 836 g/mol. The Morgan fingerprint density at radius 3 is 2.24 bits per heavy atom. The largest absolute Gasteiger partial charge is 0.394 e. The number of ether oxygens (including phenoxy) is 3. The highest BCUT2D eigenvalue weighted by Gasteiger charge is 2.48. The maximum atomic E-state index is 13.9. The van der Waals surface area contributed by atoms with Crippen molar-refractivity contribution >= 4 is 21.7 Å². The van der Waals surface area contributed by atoms with E-state index in [-0.39, 0.29) is 50.4 Å². The highest BCUT2D eigenvalue weighted by Crippen LogP contribution is 2.41. The fraction of sp³-hybridized carbons (Fsp3) is 0.432. The molecule has 3 saturated heterocycles. The molecule has 0 aliphatic carbocycles. The van der Waals surface area contributed by atoms with Gasteiger partial charge in [-0.2, -0.15) is 8.42 Å². The van der Waals surface area contributed by atoms with Gasteiger partial charge in [0.15, 0.2) is 6.29 Å². The number of aliphatic hydroxyl groups excluding tert-OH is 5. The number of carbonyl (C=O) groups excluding carboxylic acids is 1. The topological polar surface area (TPSA) is 193 Å². The van der Waals surface area contributed by atoms with Crippen LogP contribution in [-0.4, -0.2) is 108 Å². The molecule has 59 heavy (non-hydrogen) atoms. The second kappa shape index (κ2) is 19.0. The Kier molecular flexibility index (Phi) is 13.8. The molecule has 7 rings (SSSR count). The molecule has 1 amide bonds. The van der Waals surface area contributed by atoms with Crippen LogP contribution in [0.25, 0.3) is 11.1 Å². The van der Waals surface area contributed by atoms with Crippen molar-refractivity contribution < 1.29 is 61.5 Å². The molecule has 10 atom stereocenters. The van der Waals surface area contributed by atoms with E-state index in [1.165, 1.54) is 24.3 Å². The molecule has 316 valence electrons. The van der Waals surface area contributed by atoms with Crippen LogP contribution >= 0.6 is 0 Å². The summed E-state index contributed by atoms with van der Waals surface area (Å²) in [5.41, 5.74) is 3.21. The Morgan fingerprint density at radius 1 is 0.831 bits per heavy atom. The van der Waals surface area contributed by atoms with Crippen LogP contribution in [0.2, 0.25) is 0 Å². The van der Waals surface area contributed by atoms with Crippen LogP contribution in [0.3, 0.4) is 0 Å². The Labute approximate surface area is 342 Å². The predicted molar refractivity (Wildman–Crippen MR) is 214 cm³/mol. The first-order valence-corrected chi connectivity index (χ1v) is 21.5. The highest BCUT2D eigenvalue weighted by atomic mass is 32.2. The van der Waals surface area contributed by atoms with Gasteiger partial charge >= 0.3 is 10.1 Å². The Hall–Kier alpha value is -4.29. The molecule has 4 aromatic rings. The normalized spacial score (nSPS) is 27.9. The number of β-lactam (4-membered cyclic amide) rings is 1. The lowest BCUT2D eigenvalue weighted by Crippen LogP contribution is -2.62. The van der Waals surface area contributed by atoms with E-state index in [0.717, 1.165) is 5.56 Å². The van der Waals surface area contributed by atoms with Crippen LogP contribution in [0.1, 0.15) is 49.3 Å². The number of benzene rings is 4. The lowest BCUT2D eigenvalue weighted by Gasteiger charge is -2.48. The van der Waals surface area contributed by atoms with E-state index in [0.29, 0.717) is 28.8 Å². The quantitative estimate of drug-likeness (QED) is 0.0806. The number of halogens is 1. The lowest BCUT2D eigenvalue weighted by molar-refractivity contribution is -0.285. The summed E-state index contributed by atoms with van der Waals surface area (Å²) in [4.78, 5) is 15.4. The third-order valence-corrected chi connectivity index (χ3v) is 12.5. The molecule has 3 fully saturated rings. The zero-order valence-corrected chi connectivity index (χ0v) is 33.1. The van der Waals surface area contributed by atoms with Crippen LogP contribution in [0, 0.1) is 11.7 Å².